The van der Waals surface area contributed by atoms with Gasteiger partial charge in [-0.25, -0.2) is 13.8 Å². The first-order chi connectivity index (χ1) is 7.54. The molecule has 0 saturated carbocycles. The number of amides is 1. The van der Waals surface area contributed by atoms with Crippen molar-refractivity contribution < 1.29 is 13.6 Å². The van der Waals surface area contributed by atoms with Crippen LogP contribution in [0.15, 0.2) is 5.38 Å². The largest absolute Gasteiger partial charge is 0.331 e. The molecule has 0 aromatic carbocycles. The van der Waals surface area contributed by atoms with E-state index in [2.05, 4.69) is 20.9 Å². The molecular formula is C9H11BrF2N2OS. The average molecular weight is 313 g/mol. The van der Waals surface area contributed by atoms with Crippen LogP contribution in [0.2, 0.25) is 0 Å². The van der Waals surface area contributed by atoms with Gasteiger partial charge in [-0.2, -0.15) is 0 Å². The van der Waals surface area contributed by atoms with Crippen LogP contribution in [0.3, 0.4) is 0 Å². The quantitative estimate of drug-likeness (QED) is 0.783. The minimum atomic E-state index is -2.53. The van der Waals surface area contributed by atoms with E-state index in [0.29, 0.717) is 5.33 Å². The molecule has 1 heterocycles. The van der Waals surface area contributed by atoms with Crippen molar-refractivity contribution in [2.75, 3.05) is 18.4 Å². The lowest BCUT2D eigenvalue weighted by atomic mass is 10.4. The SMILES string of the molecule is Cc1nc(C(=O)N(CCBr)CC(F)F)cs1. The summed E-state index contributed by atoms with van der Waals surface area (Å²) in [6.07, 6.45) is -2.53. The van der Waals surface area contributed by atoms with E-state index in [-0.39, 0.29) is 12.2 Å². The van der Waals surface area contributed by atoms with Crippen molar-refractivity contribution in [3.63, 3.8) is 0 Å². The van der Waals surface area contributed by atoms with Crippen LogP contribution in [0.4, 0.5) is 8.78 Å². The molecule has 0 spiro atoms. The van der Waals surface area contributed by atoms with E-state index < -0.39 is 18.9 Å². The molecule has 0 saturated heterocycles. The van der Waals surface area contributed by atoms with Crippen molar-refractivity contribution in [3.05, 3.63) is 16.1 Å². The van der Waals surface area contributed by atoms with Gasteiger partial charge in [0.15, 0.2) is 0 Å². The molecule has 1 rings (SSSR count). The summed E-state index contributed by atoms with van der Waals surface area (Å²) in [5.41, 5.74) is 0.240. The second kappa shape index (κ2) is 6.24. The summed E-state index contributed by atoms with van der Waals surface area (Å²) < 4.78 is 24.5. The lowest BCUT2D eigenvalue weighted by molar-refractivity contribution is 0.0568. The molecule has 3 nitrogen and oxygen atoms in total. The molecule has 0 N–H and O–H groups in total. The molecule has 0 aliphatic carbocycles. The monoisotopic (exact) mass is 312 g/mol. The van der Waals surface area contributed by atoms with Gasteiger partial charge in [0.05, 0.1) is 11.6 Å². The highest BCUT2D eigenvalue weighted by molar-refractivity contribution is 9.09. The van der Waals surface area contributed by atoms with E-state index in [1.165, 1.54) is 11.3 Å². The first-order valence-corrected chi connectivity index (χ1v) is 6.60. The fourth-order valence-corrected chi connectivity index (χ4v) is 2.18. The van der Waals surface area contributed by atoms with Crippen molar-refractivity contribution in [2.45, 2.75) is 13.3 Å². The Bertz CT molecular complexity index is 359. The second-order valence-electron chi connectivity index (χ2n) is 3.08. The van der Waals surface area contributed by atoms with E-state index in [1.54, 1.807) is 12.3 Å². The van der Waals surface area contributed by atoms with Gasteiger partial charge in [-0.05, 0) is 6.92 Å². The summed E-state index contributed by atoms with van der Waals surface area (Å²) in [6, 6.07) is 0. The maximum Gasteiger partial charge on any atom is 0.273 e. The van der Waals surface area contributed by atoms with Crippen molar-refractivity contribution in [1.82, 2.24) is 9.88 Å². The number of nitrogens with zero attached hydrogens (tertiary/aromatic N) is 2. The van der Waals surface area contributed by atoms with Crippen LogP contribution >= 0.6 is 27.3 Å². The zero-order valence-corrected chi connectivity index (χ0v) is 11.0. The molecule has 1 aromatic rings. The molecule has 7 heteroatoms. The fourth-order valence-electron chi connectivity index (χ4n) is 1.17. The van der Waals surface area contributed by atoms with Gasteiger partial charge in [-0.1, -0.05) is 15.9 Å². The molecule has 1 amide bonds. The maximum atomic E-state index is 12.3. The Labute approximate surface area is 105 Å². The zero-order chi connectivity index (χ0) is 12.1. The van der Waals surface area contributed by atoms with Crippen molar-refractivity contribution in [1.29, 1.82) is 0 Å². The molecule has 1 aromatic heterocycles. The summed E-state index contributed by atoms with van der Waals surface area (Å²) >= 11 is 4.46. The van der Waals surface area contributed by atoms with Gasteiger partial charge in [0.1, 0.15) is 5.69 Å². The van der Waals surface area contributed by atoms with Crippen LogP contribution in [0, 0.1) is 6.92 Å². The number of alkyl halides is 3. The second-order valence-corrected chi connectivity index (χ2v) is 4.94. The van der Waals surface area contributed by atoms with Crippen LogP contribution < -0.4 is 0 Å². The average Bonchev–Trinajstić information content (AvgIpc) is 2.62. The van der Waals surface area contributed by atoms with Gasteiger partial charge in [0.25, 0.3) is 12.3 Å². The number of aromatic nitrogens is 1. The smallest absolute Gasteiger partial charge is 0.273 e. The van der Waals surface area contributed by atoms with E-state index in [4.69, 9.17) is 0 Å². The predicted molar refractivity (Wildman–Crippen MR) is 62.6 cm³/mol. The zero-order valence-electron chi connectivity index (χ0n) is 8.62. The minimum absolute atomic E-state index is 0.240. The van der Waals surface area contributed by atoms with Gasteiger partial charge in [0, 0.05) is 17.3 Å². The lowest BCUT2D eigenvalue weighted by Crippen LogP contribution is -2.36. The van der Waals surface area contributed by atoms with Crippen molar-refractivity contribution in [3.8, 4) is 0 Å². The van der Waals surface area contributed by atoms with Crippen LogP contribution in [-0.4, -0.2) is 40.6 Å². The summed E-state index contributed by atoms with van der Waals surface area (Å²) in [7, 11) is 0. The molecule has 0 fully saturated rings. The first kappa shape index (κ1) is 13.5. The Morgan fingerprint density at radius 1 is 1.69 bits per heavy atom. The number of hydrogen-bond donors (Lipinski definition) is 0. The normalized spacial score (nSPS) is 10.8. The molecule has 90 valence electrons. The Balaban J connectivity index is 2.74. The molecule has 0 aliphatic rings. The predicted octanol–water partition coefficient (Wildman–Crippen LogP) is 2.55. The third-order valence-corrected chi connectivity index (χ3v) is 2.97. The lowest BCUT2D eigenvalue weighted by Gasteiger charge is -2.19. The molecular weight excluding hydrogens is 302 g/mol. The maximum absolute atomic E-state index is 12.3. The van der Waals surface area contributed by atoms with Crippen molar-refractivity contribution >= 4 is 33.2 Å². The number of rotatable bonds is 5. The Kier molecular flexibility index (Phi) is 5.27. The number of hydrogen-bond acceptors (Lipinski definition) is 3. The van der Waals surface area contributed by atoms with E-state index in [1.807, 2.05) is 0 Å². The highest BCUT2D eigenvalue weighted by Crippen LogP contribution is 2.12. The van der Waals surface area contributed by atoms with Crippen LogP contribution in [0.1, 0.15) is 15.5 Å². The van der Waals surface area contributed by atoms with Gasteiger partial charge in [0.2, 0.25) is 0 Å². The fraction of sp³-hybridized carbons (Fsp3) is 0.556. The summed E-state index contributed by atoms with van der Waals surface area (Å²) in [5.74, 6) is -0.441. The Hall–Kier alpha value is -0.560. The highest BCUT2D eigenvalue weighted by Gasteiger charge is 2.20. The van der Waals surface area contributed by atoms with E-state index in [0.717, 1.165) is 9.91 Å². The number of halogens is 3. The van der Waals surface area contributed by atoms with Crippen LogP contribution in [-0.2, 0) is 0 Å². The summed E-state index contributed by atoms with van der Waals surface area (Å²) in [6.45, 7) is 1.46. The summed E-state index contributed by atoms with van der Waals surface area (Å²) in [4.78, 5) is 16.9. The number of aryl methyl sites for hydroxylation is 1. The molecule has 0 radical (unpaired) electrons. The topological polar surface area (TPSA) is 33.2 Å². The van der Waals surface area contributed by atoms with Crippen LogP contribution in [0.5, 0.6) is 0 Å². The Morgan fingerprint density at radius 3 is 2.81 bits per heavy atom. The van der Waals surface area contributed by atoms with Crippen molar-refractivity contribution in [2.24, 2.45) is 0 Å². The molecule has 0 aliphatic heterocycles. The number of carbonyl (C=O) groups is 1. The van der Waals surface area contributed by atoms with Gasteiger partial charge in [-0.3, -0.25) is 4.79 Å². The number of thiazole rings is 1. The Morgan fingerprint density at radius 2 is 2.38 bits per heavy atom. The van der Waals surface area contributed by atoms with Crippen LogP contribution in [0.25, 0.3) is 0 Å². The van der Waals surface area contributed by atoms with E-state index in [9.17, 15) is 13.6 Å². The number of carbonyl (C=O) groups excluding carboxylic acids is 1. The summed E-state index contributed by atoms with van der Waals surface area (Å²) in [5, 5.41) is 2.80. The molecule has 0 bridgehead atoms. The first-order valence-electron chi connectivity index (χ1n) is 4.60. The minimum Gasteiger partial charge on any atom is -0.331 e. The van der Waals surface area contributed by atoms with Gasteiger partial charge in [-0.15, -0.1) is 11.3 Å². The third-order valence-electron chi connectivity index (χ3n) is 1.84. The molecule has 0 unspecified atom stereocenters. The molecule has 16 heavy (non-hydrogen) atoms. The van der Waals surface area contributed by atoms with E-state index >= 15 is 0 Å². The highest BCUT2D eigenvalue weighted by atomic mass is 79.9. The standard InChI is InChI=1S/C9H11BrF2N2OS/c1-6-13-7(5-16-6)9(15)14(3-2-10)4-8(11)12/h5,8H,2-4H2,1H3. The van der Waals surface area contributed by atoms with Gasteiger partial charge < -0.3 is 4.90 Å². The van der Waals surface area contributed by atoms with Gasteiger partial charge >= 0.3 is 0 Å². The third kappa shape index (κ3) is 3.79. The molecule has 0 atom stereocenters.